The van der Waals surface area contributed by atoms with Crippen molar-refractivity contribution in [2.75, 3.05) is 0 Å². The number of benzene rings is 26. The summed E-state index contributed by atoms with van der Waals surface area (Å²) < 4.78 is 127. The van der Waals surface area contributed by atoms with Crippen molar-refractivity contribution in [1.82, 2.24) is 0 Å². The molecule has 0 radical (unpaired) electrons. The van der Waals surface area contributed by atoms with Gasteiger partial charge in [0.1, 0.15) is 22.3 Å². The second-order valence-electron chi connectivity index (χ2n) is 32.4. The molecule has 28 rings (SSSR count). The highest BCUT2D eigenvalue weighted by atomic mass is 16.3. The first-order valence-corrected chi connectivity index (χ1v) is 41.3. The maximum absolute atomic E-state index is 10.9. The van der Waals surface area contributed by atoms with Gasteiger partial charge < -0.3 is 8.83 Å². The van der Waals surface area contributed by atoms with Crippen molar-refractivity contribution < 1.29 is 25.3 Å². The number of furan rings is 2. The van der Waals surface area contributed by atoms with Crippen molar-refractivity contribution in [2.24, 2.45) is 0 Å². The Kier molecular flexibility index (Phi) is 11.9. The van der Waals surface area contributed by atoms with Gasteiger partial charge in [-0.05, 0) is 300 Å². The number of fused-ring (bicyclic) bond motifs is 8. The van der Waals surface area contributed by atoms with E-state index >= 15 is 0 Å². The Hall–Kier alpha value is -16.0. The highest BCUT2D eigenvalue weighted by molar-refractivity contribution is 6.32. The van der Waals surface area contributed by atoms with Gasteiger partial charge in [0.15, 0.2) is 0 Å². The highest BCUT2D eigenvalue weighted by Gasteiger charge is 2.28. The molecule has 2 heteroatoms. The monoisotopic (exact) mass is 1550 g/mol. The van der Waals surface area contributed by atoms with Crippen LogP contribution < -0.4 is 0 Å². The smallest absolute Gasteiger partial charge is 0.136 e. The van der Waals surface area contributed by atoms with Gasteiger partial charge in [0.05, 0.1) is 16.4 Å². The third kappa shape index (κ3) is 9.89. The van der Waals surface area contributed by atoms with Crippen LogP contribution in [0, 0.1) is 0 Å². The molecular formula is C120H68O2. The average molecular weight is 1550 g/mol. The van der Waals surface area contributed by atoms with E-state index in [0.29, 0.717) is 34.3 Å². The predicted octanol–water partition coefficient (Wildman–Crippen LogP) is 34.4. The van der Waals surface area contributed by atoms with Crippen molar-refractivity contribution in [2.45, 2.75) is 0 Å². The van der Waals surface area contributed by atoms with Gasteiger partial charge in [0.25, 0.3) is 0 Å². The molecule has 0 saturated carbocycles. The second-order valence-corrected chi connectivity index (χ2v) is 32.4. The van der Waals surface area contributed by atoms with Crippen molar-refractivity contribution in [3.63, 3.8) is 0 Å². The zero-order valence-electron chi connectivity index (χ0n) is 77.1. The molecule has 0 saturated heterocycles. The van der Waals surface area contributed by atoms with Crippen LogP contribution in [0.1, 0.15) is 16.4 Å². The van der Waals surface area contributed by atoms with E-state index < -0.39 is 42.3 Å². The fourth-order valence-electron chi connectivity index (χ4n) is 20.6. The summed E-state index contributed by atoms with van der Waals surface area (Å²) in [6, 6.07) is 115. The lowest BCUT2D eigenvalue weighted by Gasteiger charge is -2.22. The van der Waals surface area contributed by atoms with Crippen LogP contribution in [0.5, 0.6) is 0 Å². The first kappa shape index (κ1) is 56.4. The molecule has 0 aliphatic rings. The third-order valence-electron chi connectivity index (χ3n) is 26.1. The molecule has 0 unspecified atom stereocenters. The summed E-state index contributed by atoms with van der Waals surface area (Å²) in [7, 11) is 0. The van der Waals surface area contributed by atoms with Crippen LogP contribution in [-0.4, -0.2) is 0 Å². The molecule has 0 fully saturated rings. The van der Waals surface area contributed by atoms with Crippen molar-refractivity contribution >= 4 is 195 Å². The third-order valence-corrected chi connectivity index (χ3v) is 26.1. The van der Waals surface area contributed by atoms with Gasteiger partial charge in [-0.3, -0.25) is 0 Å². The Bertz CT molecular complexity index is 10000. The summed E-state index contributed by atoms with van der Waals surface area (Å²) in [6.45, 7) is 0. The summed E-state index contributed by atoms with van der Waals surface area (Å²) >= 11 is 0. The molecule has 0 aliphatic heterocycles. The van der Waals surface area contributed by atoms with E-state index in [-0.39, 0.29) is 56.4 Å². The van der Waals surface area contributed by atoms with Gasteiger partial charge in [-0.1, -0.05) is 352 Å². The van der Waals surface area contributed by atoms with Crippen LogP contribution in [0.15, 0.2) is 421 Å². The largest absolute Gasteiger partial charge is 0.456 e. The summed E-state index contributed by atoms with van der Waals surface area (Å²) in [5.41, 5.74) is 12.9. The number of rotatable bonds is 8. The fraction of sp³-hybridized carbons (Fsp3) is 0. The Morgan fingerprint density at radius 2 is 0.525 bits per heavy atom. The molecule has 0 N–H and O–H groups in total. The van der Waals surface area contributed by atoms with Crippen molar-refractivity contribution in [1.29, 1.82) is 0 Å². The molecule has 0 aliphatic carbocycles. The Labute approximate surface area is 717 Å². The molecule has 26 aromatic carbocycles. The number of hydrogen-bond donors (Lipinski definition) is 0. The van der Waals surface area contributed by atoms with Gasteiger partial charge in [0.2, 0.25) is 0 Å². The lowest BCUT2D eigenvalue weighted by Crippen LogP contribution is -1.95. The number of hydrogen-bond acceptors (Lipinski definition) is 2. The van der Waals surface area contributed by atoms with Crippen LogP contribution in [0.2, 0.25) is 0 Å². The first-order chi connectivity index (χ1) is 65.5. The fourth-order valence-corrected chi connectivity index (χ4v) is 20.6. The molecule has 2 nitrogen and oxygen atoms in total. The van der Waals surface area contributed by atoms with Gasteiger partial charge >= 0.3 is 0 Å². The second kappa shape index (κ2) is 25.8. The highest BCUT2D eigenvalue weighted by Crippen LogP contribution is 2.55. The average Bonchev–Trinajstić information content (AvgIpc) is 1.40. The minimum atomic E-state index is -0.559. The van der Waals surface area contributed by atoms with Gasteiger partial charge in [-0.2, -0.15) is 0 Å². The maximum Gasteiger partial charge on any atom is 0.136 e. The molecule has 0 amide bonds. The first-order valence-electron chi connectivity index (χ1n) is 47.3. The van der Waals surface area contributed by atoms with Gasteiger partial charge in [-0.25, -0.2) is 0 Å². The maximum atomic E-state index is 10.9. The Morgan fingerprint density at radius 1 is 0.148 bits per heavy atom. The summed E-state index contributed by atoms with van der Waals surface area (Å²) in [6.07, 6.45) is 0. The molecular weight excluding hydrogens is 1470 g/mol. The van der Waals surface area contributed by atoms with E-state index in [1.807, 2.05) is 54.6 Å². The van der Waals surface area contributed by atoms with E-state index in [9.17, 15) is 11.0 Å². The lowest BCUT2D eigenvalue weighted by molar-refractivity contribution is 0.669. The van der Waals surface area contributed by atoms with Gasteiger partial charge in [-0.15, -0.1) is 0 Å². The zero-order chi connectivity index (χ0) is 90.0. The molecule has 2 aromatic heterocycles. The standard InChI is InChI=1S/2C60H34O/c2*1-2-9-35(10-3-1)49-33-52(46-17-8-18-54-60(46)53-31-42-11-4-5-12-43(42)32-55(53)61-54)51(45-28-24-41-22-20-37-14-7-16-39-26-30-48(45)59(41)57(37)39)34-50(49)44-27-23-40-21-19-36-13-6-15-38-25-29-47(44)58(40)56(36)38/h2*1-34H/i4D,5D,8D,9D,11D,12D,17D,18D,31D,32D;33D,34D. The van der Waals surface area contributed by atoms with E-state index in [0.717, 1.165) is 180 Å². The van der Waals surface area contributed by atoms with Crippen LogP contribution in [0.3, 0.4) is 0 Å². The molecule has 0 spiro atoms. The lowest BCUT2D eigenvalue weighted by atomic mass is 9.81. The Morgan fingerprint density at radius 3 is 1.05 bits per heavy atom. The summed E-state index contributed by atoms with van der Waals surface area (Å²) in [4.78, 5) is 0. The zero-order valence-corrected chi connectivity index (χ0v) is 65.1. The molecule has 2 heterocycles. The minimum absolute atomic E-state index is 0.000779. The van der Waals surface area contributed by atoms with Crippen molar-refractivity contribution in [3.05, 3.63) is 412 Å². The van der Waals surface area contributed by atoms with Crippen molar-refractivity contribution in [3.8, 4) is 89.0 Å². The molecule has 0 atom stereocenters. The predicted molar refractivity (Wildman–Crippen MR) is 521 cm³/mol. The Balaban J connectivity index is 0.000000137. The molecule has 28 aromatic rings. The summed E-state index contributed by atoms with van der Waals surface area (Å²) in [5, 5.41) is 30.8. The van der Waals surface area contributed by atoms with E-state index in [1.165, 1.54) is 43.1 Å². The molecule has 122 heavy (non-hydrogen) atoms. The van der Waals surface area contributed by atoms with Crippen LogP contribution in [0.25, 0.3) is 284 Å². The van der Waals surface area contributed by atoms with Crippen LogP contribution in [0.4, 0.5) is 0 Å². The van der Waals surface area contributed by atoms with E-state index in [2.05, 4.69) is 279 Å². The normalized spacial score (nSPS) is 13.6. The summed E-state index contributed by atoms with van der Waals surface area (Å²) in [5.74, 6) is 0. The SMILES string of the molecule is [2H]c1c(-c2ccc3ccc4cccc5ccc2c3c45)c(-c2ccccc2)c([2H])c(-c2cccc3oc4cc5ccccc5cc4c23)c1-c1ccc2ccc3cccc4ccc1c2c34.[2H]c1ccccc1-c1cc(-c2c([2H])c([2H])c([2H])c3oc4c([2H])c5c([2H])c([2H])c([2H])c([2H])c5c([2H])c4c23)c(-c2ccc3ccc4cccc5ccc2c3c45)cc1-c1ccc2ccc3cccc4ccc1c2c34. The topological polar surface area (TPSA) is 26.3 Å². The van der Waals surface area contributed by atoms with E-state index in [1.54, 1.807) is 6.07 Å². The quantitative estimate of drug-likeness (QED) is 0.142. The molecule has 560 valence electrons. The van der Waals surface area contributed by atoms with Crippen LogP contribution >= 0.6 is 0 Å². The van der Waals surface area contributed by atoms with E-state index in [4.69, 9.17) is 14.3 Å². The van der Waals surface area contributed by atoms with Gasteiger partial charge in [0, 0.05) is 21.5 Å². The minimum Gasteiger partial charge on any atom is -0.456 e. The van der Waals surface area contributed by atoms with Crippen LogP contribution in [-0.2, 0) is 0 Å². The molecule has 0 bridgehead atoms.